The van der Waals surface area contributed by atoms with E-state index in [0.717, 1.165) is 41.8 Å². The van der Waals surface area contributed by atoms with Gasteiger partial charge in [-0.15, -0.1) is 10.2 Å². The summed E-state index contributed by atoms with van der Waals surface area (Å²) in [6.45, 7) is 1.39. The lowest BCUT2D eigenvalue weighted by Crippen LogP contribution is -2.40. The summed E-state index contributed by atoms with van der Waals surface area (Å²) in [6, 6.07) is 17.5. The Morgan fingerprint density at radius 3 is 2.85 bits per heavy atom. The molecule has 6 nitrogen and oxygen atoms in total. The van der Waals surface area contributed by atoms with Gasteiger partial charge in [0.25, 0.3) is 5.91 Å². The van der Waals surface area contributed by atoms with Crippen LogP contribution in [0.2, 0.25) is 0 Å². The fraction of sp³-hybridized carbons (Fsp3) is 0.238. The minimum absolute atomic E-state index is 0.0146. The largest absolute Gasteiger partial charge is 0.337 e. The number of carbonyl (C=O) groups excluding carboxylic acids is 1. The highest BCUT2D eigenvalue weighted by Gasteiger charge is 2.29. The zero-order chi connectivity index (χ0) is 18.2. The first kappa shape index (κ1) is 15.9. The van der Waals surface area contributed by atoms with Crippen molar-refractivity contribution in [3.63, 3.8) is 0 Å². The van der Waals surface area contributed by atoms with Crippen molar-refractivity contribution < 1.29 is 4.79 Å². The Kier molecular flexibility index (Phi) is 3.81. The topological polar surface area (TPSA) is 63.4 Å². The highest BCUT2D eigenvalue weighted by molar-refractivity contribution is 5.95. The number of piperidine rings is 1. The predicted molar refractivity (Wildman–Crippen MR) is 103 cm³/mol. The van der Waals surface area contributed by atoms with Crippen LogP contribution in [-0.4, -0.2) is 43.5 Å². The summed E-state index contributed by atoms with van der Waals surface area (Å²) >= 11 is 0. The van der Waals surface area contributed by atoms with E-state index >= 15 is 0 Å². The van der Waals surface area contributed by atoms with Crippen LogP contribution < -0.4 is 0 Å². The van der Waals surface area contributed by atoms with Crippen LogP contribution in [0.3, 0.4) is 0 Å². The summed E-state index contributed by atoms with van der Waals surface area (Å²) in [6.07, 6.45) is 3.94. The number of carbonyl (C=O) groups is 1. The molecule has 134 valence electrons. The van der Waals surface area contributed by atoms with Gasteiger partial charge in [0.05, 0.1) is 5.52 Å². The molecule has 27 heavy (non-hydrogen) atoms. The predicted octanol–water partition coefficient (Wildman–Crippen LogP) is 3.30. The van der Waals surface area contributed by atoms with Crippen LogP contribution in [0.1, 0.15) is 35.1 Å². The highest BCUT2D eigenvalue weighted by Crippen LogP contribution is 2.27. The van der Waals surface area contributed by atoms with Gasteiger partial charge in [0, 0.05) is 30.6 Å². The van der Waals surface area contributed by atoms with E-state index in [-0.39, 0.29) is 11.8 Å². The van der Waals surface area contributed by atoms with Crippen molar-refractivity contribution in [2.75, 3.05) is 13.1 Å². The normalized spacial score (nSPS) is 17.5. The Hall–Kier alpha value is -3.28. The summed E-state index contributed by atoms with van der Waals surface area (Å²) in [5.41, 5.74) is 2.19. The smallest absolute Gasteiger partial charge is 0.272 e. The molecule has 1 fully saturated rings. The molecule has 1 unspecified atom stereocenters. The lowest BCUT2D eigenvalue weighted by molar-refractivity contribution is 0.0698. The molecule has 0 spiro atoms. The first-order chi connectivity index (χ1) is 13.3. The average molecular weight is 357 g/mol. The summed E-state index contributed by atoms with van der Waals surface area (Å²) < 4.78 is 2.02. The minimum Gasteiger partial charge on any atom is -0.337 e. The zero-order valence-electron chi connectivity index (χ0n) is 14.8. The molecule has 4 heterocycles. The third-order valence-corrected chi connectivity index (χ3v) is 5.23. The number of rotatable bonds is 2. The third-order valence-electron chi connectivity index (χ3n) is 5.23. The van der Waals surface area contributed by atoms with Crippen LogP contribution in [-0.2, 0) is 0 Å². The van der Waals surface area contributed by atoms with Crippen molar-refractivity contribution >= 4 is 22.5 Å². The molecule has 1 saturated heterocycles. The molecule has 0 radical (unpaired) electrons. The van der Waals surface area contributed by atoms with Gasteiger partial charge in [0.15, 0.2) is 5.65 Å². The molecule has 1 aliphatic heterocycles. The molecule has 1 amide bonds. The number of pyridine rings is 2. The number of aromatic nitrogens is 4. The maximum Gasteiger partial charge on any atom is 0.272 e. The van der Waals surface area contributed by atoms with Gasteiger partial charge >= 0.3 is 0 Å². The van der Waals surface area contributed by atoms with Crippen molar-refractivity contribution in [3.8, 4) is 0 Å². The number of nitrogens with zero attached hydrogens (tertiary/aromatic N) is 5. The first-order valence-electron chi connectivity index (χ1n) is 9.24. The second-order valence-electron chi connectivity index (χ2n) is 6.97. The van der Waals surface area contributed by atoms with Gasteiger partial charge in [0.1, 0.15) is 11.5 Å². The number of benzene rings is 1. The number of likely N-dealkylation sites (tertiary alicyclic amines) is 1. The molecular formula is C21H19N5O. The molecule has 1 aromatic carbocycles. The van der Waals surface area contributed by atoms with Crippen LogP contribution in [0.25, 0.3) is 16.6 Å². The highest BCUT2D eigenvalue weighted by atomic mass is 16.2. The molecule has 0 saturated carbocycles. The van der Waals surface area contributed by atoms with Crippen LogP contribution in [0.15, 0.2) is 60.8 Å². The van der Waals surface area contributed by atoms with E-state index < -0.39 is 0 Å². The first-order valence-corrected chi connectivity index (χ1v) is 9.24. The third kappa shape index (κ3) is 2.83. The molecule has 0 bridgehead atoms. The van der Waals surface area contributed by atoms with Gasteiger partial charge in [-0.2, -0.15) is 0 Å². The average Bonchev–Trinajstić information content (AvgIpc) is 3.17. The minimum atomic E-state index is -0.0146. The van der Waals surface area contributed by atoms with E-state index in [1.165, 1.54) is 0 Å². The molecule has 0 aliphatic carbocycles. The van der Waals surface area contributed by atoms with Gasteiger partial charge < -0.3 is 4.90 Å². The summed E-state index contributed by atoms with van der Waals surface area (Å²) in [4.78, 5) is 19.5. The number of para-hydroxylation sites is 1. The number of amides is 1. The van der Waals surface area contributed by atoms with Crippen LogP contribution in [0.4, 0.5) is 0 Å². The van der Waals surface area contributed by atoms with E-state index in [0.29, 0.717) is 12.2 Å². The second-order valence-corrected chi connectivity index (χ2v) is 6.97. The van der Waals surface area contributed by atoms with Crippen molar-refractivity contribution in [1.29, 1.82) is 0 Å². The monoisotopic (exact) mass is 357 g/mol. The van der Waals surface area contributed by atoms with E-state index in [2.05, 4.69) is 15.2 Å². The Bertz CT molecular complexity index is 1140. The molecule has 3 aromatic heterocycles. The van der Waals surface area contributed by atoms with E-state index in [1.807, 2.05) is 70.1 Å². The molecule has 5 rings (SSSR count). The summed E-state index contributed by atoms with van der Waals surface area (Å²) in [5.74, 6) is 1.09. The van der Waals surface area contributed by atoms with Gasteiger partial charge in [-0.3, -0.25) is 9.20 Å². The molecule has 1 atom stereocenters. The fourth-order valence-corrected chi connectivity index (χ4v) is 3.86. The van der Waals surface area contributed by atoms with Crippen LogP contribution in [0.5, 0.6) is 0 Å². The maximum absolute atomic E-state index is 13.0. The summed E-state index contributed by atoms with van der Waals surface area (Å²) in [5, 5.41) is 9.68. The Labute approximate surface area is 156 Å². The Morgan fingerprint density at radius 1 is 1.00 bits per heavy atom. The van der Waals surface area contributed by atoms with Crippen LogP contribution >= 0.6 is 0 Å². The van der Waals surface area contributed by atoms with Crippen LogP contribution in [0, 0.1) is 0 Å². The molecule has 1 aliphatic rings. The van der Waals surface area contributed by atoms with E-state index in [9.17, 15) is 4.79 Å². The van der Waals surface area contributed by atoms with Crippen molar-refractivity contribution in [1.82, 2.24) is 24.5 Å². The standard InChI is InChI=1S/C21H19N5O/c27-21(18-11-10-15-6-1-2-8-17(15)22-18)25-12-5-7-16(14-25)20-24-23-19-9-3-4-13-26(19)20/h1-4,6,8-11,13,16H,5,7,12,14H2. The quantitative estimate of drug-likeness (QED) is 0.552. The number of hydrogen-bond donors (Lipinski definition) is 0. The number of hydrogen-bond acceptors (Lipinski definition) is 4. The SMILES string of the molecule is O=C(c1ccc2ccccc2n1)N1CCCC(c2nnc3ccccn23)C1. The number of fused-ring (bicyclic) bond motifs is 2. The van der Waals surface area contributed by atoms with Gasteiger partial charge in [-0.25, -0.2) is 4.98 Å². The van der Waals surface area contributed by atoms with Crippen molar-refractivity contribution in [2.24, 2.45) is 0 Å². The molecule has 6 heteroatoms. The van der Waals surface area contributed by atoms with Gasteiger partial charge in [-0.1, -0.05) is 30.3 Å². The van der Waals surface area contributed by atoms with Crippen molar-refractivity contribution in [3.05, 3.63) is 72.3 Å². The zero-order valence-corrected chi connectivity index (χ0v) is 14.8. The lowest BCUT2D eigenvalue weighted by atomic mass is 9.97. The molecule has 4 aromatic rings. The van der Waals surface area contributed by atoms with E-state index in [1.54, 1.807) is 0 Å². The van der Waals surface area contributed by atoms with Gasteiger partial charge in [0.2, 0.25) is 0 Å². The fourth-order valence-electron chi connectivity index (χ4n) is 3.86. The van der Waals surface area contributed by atoms with E-state index in [4.69, 9.17) is 0 Å². The second kappa shape index (κ2) is 6.46. The summed E-state index contributed by atoms with van der Waals surface area (Å²) in [7, 11) is 0. The molecule has 0 N–H and O–H groups in total. The maximum atomic E-state index is 13.0. The lowest BCUT2D eigenvalue weighted by Gasteiger charge is -2.31. The Balaban J connectivity index is 1.42. The van der Waals surface area contributed by atoms with Crippen molar-refractivity contribution in [2.45, 2.75) is 18.8 Å². The van der Waals surface area contributed by atoms with Gasteiger partial charge in [-0.05, 0) is 37.1 Å². The molecular weight excluding hydrogens is 338 g/mol. The Morgan fingerprint density at radius 2 is 1.89 bits per heavy atom.